The molecule has 0 radical (unpaired) electrons. The third kappa shape index (κ3) is 6.13. The number of hydrogen-bond acceptors (Lipinski definition) is 3. The molecule has 0 aliphatic carbocycles. The van der Waals surface area contributed by atoms with Crippen molar-refractivity contribution in [1.82, 2.24) is 9.62 Å². The Balaban J connectivity index is 2.08. The van der Waals surface area contributed by atoms with Crippen molar-refractivity contribution in [2.45, 2.75) is 6.04 Å². The Morgan fingerprint density at radius 1 is 1.08 bits per heavy atom. The van der Waals surface area contributed by atoms with Crippen LogP contribution in [0.15, 0.2) is 53.9 Å². The third-order valence-electron chi connectivity index (χ3n) is 3.68. The van der Waals surface area contributed by atoms with Crippen molar-refractivity contribution in [2.24, 2.45) is 0 Å². The summed E-state index contributed by atoms with van der Waals surface area (Å²) in [6, 6.07) is 14.2. The molecule has 2 aromatic rings. The van der Waals surface area contributed by atoms with Crippen LogP contribution in [0.1, 0.15) is 17.2 Å². The van der Waals surface area contributed by atoms with Crippen molar-refractivity contribution in [1.29, 1.82) is 0 Å². The summed E-state index contributed by atoms with van der Waals surface area (Å²) in [5.74, 6) is 0. The summed E-state index contributed by atoms with van der Waals surface area (Å²) < 4.78 is 27.1. The van der Waals surface area contributed by atoms with Gasteiger partial charge in [0.15, 0.2) is 0 Å². The Hall–Kier alpha value is -1.37. The van der Waals surface area contributed by atoms with Crippen LogP contribution in [0.4, 0.5) is 0 Å². The van der Waals surface area contributed by atoms with Gasteiger partial charge in [0.2, 0.25) is 10.0 Å². The average molecular weight is 399 g/mol. The van der Waals surface area contributed by atoms with Gasteiger partial charge in [0, 0.05) is 28.0 Å². The summed E-state index contributed by atoms with van der Waals surface area (Å²) in [4.78, 5) is 1.92. The van der Waals surface area contributed by atoms with Gasteiger partial charge in [-0.05, 0) is 49.5 Å². The summed E-state index contributed by atoms with van der Waals surface area (Å²) in [6.07, 6.45) is 1.53. The lowest BCUT2D eigenvalue weighted by atomic mass is 10.1. The van der Waals surface area contributed by atoms with Gasteiger partial charge in [-0.15, -0.1) is 0 Å². The fraction of sp³-hybridized carbons (Fsp3) is 0.222. The first-order chi connectivity index (χ1) is 11.8. The molecule has 0 aliphatic rings. The number of halogens is 2. The van der Waals surface area contributed by atoms with Gasteiger partial charge in [-0.1, -0.05) is 53.5 Å². The van der Waals surface area contributed by atoms with Crippen molar-refractivity contribution in [3.63, 3.8) is 0 Å². The van der Waals surface area contributed by atoms with Gasteiger partial charge >= 0.3 is 0 Å². The molecule has 0 amide bonds. The van der Waals surface area contributed by atoms with Crippen LogP contribution in [0.25, 0.3) is 6.08 Å². The number of benzene rings is 2. The molecular weight excluding hydrogens is 379 g/mol. The van der Waals surface area contributed by atoms with Crippen LogP contribution in [0, 0.1) is 0 Å². The van der Waals surface area contributed by atoms with E-state index in [1.807, 2.05) is 37.2 Å². The first-order valence-electron chi connectivity index (χ1n) is 7.62. The molecule has 0 aromatic heterocycles. The molecule has 0 heterocycles. The predicted octanol–water partition coefficient (Wildman–Crippen LogP) is 4.19. The van der Waals surface area contributed by atoms with Crippen molar-refractivity contribution in [2.75, 3.05) is 20.6 Å². The molecule has 7 heteroatoms. The van der Waals surface area contributed by atoms with Gasteiger partial charge in [-0.25, -0.2) is 13.1 Å². The monoisotopic (exact) mass is 398 g/mol. The highest BCUT2D eigenvalue weighted by Gasteiger charge is 2.19. The lowest BCUT2D eigenvalue weighted by molar-refractivity contribution is 0.300. The van der Waals surface area contributed by atoms with Gasteiger partial charge in [0.1, 0.15) is 0 Å². The lowest BCUT2D eigenvalue weighted by Crippen LogP contribution is -2.33. The van der Waals surface area contributed by atoms with Gasteiger partial charge in [-0.2, -0.15) is 0 Å². The van der Waals surface area contributed by atoms with Crippen molar-refractivity contribution < 1.29 is 8.42 Å². The van der Waals surface area contributed by atoms with E-state index >= 15 is 0 Å². The van der Waals surface area contributed by atoms with E-state index in [0.29, 0.717) is 10.0 Å². The molecule has 1 N–H and O–H groups in total. The maximum atomic E-state index is 12.2. The maximum absolute atomic E-state index is 12.2. The molecule has 4 nitrogen and oxygen atoms in total. The first-order valence-corrected chi connectivity index (χ1v) is 9.93. The first kappa shape index (κ1) is 19.9. The number of likely N-dealkylation sites (N-methyl/N-ethyl adjacent to an activating group) is 1. The SMILES string of the molecule is CN(C)C(CNS(=O)(=O)/C=C/c1ccc(Cl)cc1)c1ccccc1Cl. The van der Waals surface area contributed by atoms with E-state index in [9.17, 15) is 8.42 Å². The van der Waals surface area contributed by atoms with Crippen LogP contribution in [0.5, 0.6) is 0 Å². The second kappa shape index (κ2) is 8.83. The maximum Gasteiger partial charge on any atom is 0.233 e. The second-order valence-electron chi connectivity index (χ2n) is 5.75. The zero-order chi connectivity index (χ0) is 18.4. The van der Waals surface area contributed by atoms with Crippen LogP contribution < -0.4 is 4.72 Å². The van der Waals surface area contributed by atoms with E-state index in [4.69, 9.17) is 23.2 Å². The molecule has 1 atom stereocenters. The molecule has 25 heavy (non-hydrogen) atoms. The third-order valence-corrected chi connectivity index (χ3v) is 5.33. The topological polar surface area (TPSA) is 49.4 Å². The summed E-state index contributed by atoms with van der Waals surface area (Å²) in [7, 11) is 0.189. The van der Waals surface area contributed by atoms with E-state index < -0.39 is 10.0 Å². The zero-order valence-corrected chi connectivity index (χ0v) is 16.3. The lowest BCUT2D eigenvalue weighted by Gasteiger charge is -2.25. The quantitative estimate of drug-likeness (QED) is 0.760. The van der Waals surface area contributed by atoms with E-state index in [1.165, 1.54) is 6.08 Å². The van der Waals surface area contributed by atoms with Gasteiger partial charge < -0.3 is 4.90 Å². The van der Waals surface area contributed by atoms with Crippen molar-refractivity contribution >= 4 is 39.3 Å². The molecule has 2 aromatic carbocycles. The number of nitrogens with one attached hydrogen (secondary N) is 1. The summed E-state index contributed by atoms with van der Waals surface area (Å²) >= 11 is 12.1. The molecular formula is C18H20Cl2N2O2S. The Bertz CT molecular complexity index is 834. The van der Waals surface area contributed by atoms with Crippen LogP contribution in [-0.2, 0) is 10.0 Å². The predicted molar refractivity (Wildman–Crippen MR) is 105 cm³/mol. The molecule has 0 aliphatic heterocycles. The highest BCUT2D eigenvalue weighted by molar-refractivity contribution is 7.92. The van der Waals surface area contributed by atoms with E-state index in [1.54, 1.807) is 30.3 Å². The molecule has 2 rings (SSSR count). The fourth-order valence-electron chi connectivity index (χ4n) is 2.30. The minimum Gasteiger partial charge on any atom is -0.301 e. The number of nitrogens with zero attached hydrogens (tertiary/aromatic N) is 1. The molecule has 0 saturated heterocycles. The Labute approximate surface area is 159 Å². The minimum absolute atomic E-state index is 0.174. The molecule has 0 saturated carbocycles. The molecule has 0 bridgehead atoms. The summed E-state index contributed by atoms with van der Waals surface area (Å²) in [6.45, 7) is 0.212. The fourth-order valence-corrected chi connectivity index (χ4v) is 3.51. The van der Waals surface area contributed by atoms with Crippen LogP contribution in [0.2, 0.25) is 10.0 Å². The number of rotatable bonds is 7. The van der Waals surface area contributed by atoms with E-state index in [-0.39, 0.29) is 12.6 Å². The number of sulfonamides is 1. The number of hydrogen-bond donors (Lipinski definition) is 1. The van der Waals surface area contributed by atoms with Gasteiger partial charge in [-0.3, -0.25) is 0 Å². The van der Waals surface area contributed by atoms with Crippen molar-refractivity contribution in [3.05, 3.63) is 75.1 Å². The Morgan fingerprint density at radius 2 is 1.72 bits per heavy atom. The second-order valence-corrected chi connectivity index (χ2v) is 8.24. The molecule has 1 unspecified atom stereocenters. The van der Waals surface area contributed by atoms with Gasteiger partial charge in [0.05, 0.1) is 0 Å². The largest absolute Gasteiger partial charge is 0.301 e. The standard InChI is InChI=1S/C18H20Cl2N2O2S/c1-22(2)18(16-5-3-4-6-17(16)20)13-21-25(23,24)12-11-14-7-9-15(19)10-8-14/h3-12,18,21H,13H2,1-2H3/b12-11+. The normalized spacial score (nSPS) is 13.5. The average Bonchev–Trinajstić information content (AvgIpc) is 2.56. The minimum atomic E-state index is -3.57. The van der Waals surface area contributed by atoms with Crippen LogP contribution in [-0.4, -0.2) is 34.0 Å². The van der Waals surface area contributed by atoms with Gasteiger partial charge in [0.25, 0.3) is 0 Å². The summed E-state index contributed by atoms with van der Waals surface area (Å²) in [5, 5.41) is 2.36. The molecule has 0 fully saturated rings. The van der Waals surface area contributed by atoms with E-state index in [2.05, 4.69) is 4.72 Å². The molecule has 134 valence electrons. The summed E-state index contributed by atoms with van der Waals surface area (Å²) in [5.41, 5.74) is 1.63. The Kier molecular flexibility index (Phi) is 7.04. The highest BCUT2D eigenvalue weighted by Crippen LogP contribution is 2.25. The van der Waals surface area contributed by atoms with E-state index in [0.717, 1.165) is 16.5 Å². The zero-order valence-electron chi connectivity index (χ0n) is 14.0. The van der Waals surface area contributed by atoms with Crippen LogP contribution in [0.3, 0.4) is 0 Å². The smallest absolute Gasteiger partial charge is 0.233 e. The Morgan fingerprint density at radius 3 is 2.32 bits per heavy atom. The van der Waals surface area contributed by atoms with Crippen LogP contribution >= 0.6 is 23.2 Å². The highest BCUT2D eigenvalue weighted by atomic mass is 35.5. The van der Waals surface area contributed by atoms with Crippen molar-refractivity contribution in [3.8, 4) is 0 Å². The molecule has 0 spiro atoms.